The number of rotatable bonds is 5. The summed E-state index contributed by atoms with van der Waals surface area (Å²) in [6.07, 6.45) is 2.00. The van der Waals surface area contributed by atoms with Gasteiger partial charge in [-0.2, -0.15) is 0 Å². The number of likely N-dealkylation sites (tertiary alicyclic amines) is 2. The molecule has 0 aromatic heterocycles. The molecule has 8 heteroatoms. The van der Waals surface area contributed by atoms with E-state index in [9.17, 15) is 19.2 Å². The molecule has 2 rings (SSSR count). The third-order valence-corrected chi connectivity index (χ3v) is 4.27. The maximum atomic E-state index is 12.1. The minimum atomic E-state index is -1.03. The SMILES string of the molecule is O=C(O)[C@H]1CCCN1C(=O)CCC(=O)N1CCC[C@@H]1C(=O)O. The van der Waals surface area contributed by atoms with E-state index in [0.717, 1.165) is 0 Å². The second-order valence-electron chi connectivity index (χ2n) is 5.67. The van der Waals surface area contributed by atoms with Gasteiger partial charge in [0.05, 0.1) is 0 Å². The van der Waals surface area contributed by atoms with E-state index in [1.165, 1.54) is 9.80 Å². The molecule has 2 aliphatic rings. The minimum Gasteiger partial charge on any atom is -0.480 e. The van der Waals surface area contributed by atoms with Crippen LogP contribution in [0, 0.1) is 0 Å². The highest BCUT2D eigenvalue weighted by molar-refractivity contribution is 5.89. The van der Waals surface area contributed by atoms with Crippen LogP contribution in [0.25, 0.3) is 0 Å². The maximum Gasteiger partial charge on any atom is 0.326 e. The van der Waals surface area contributed by atoms with Crippen LogP contribution in [0.5, 0.6) is 0 Å². The van der Waals surface area contributed by atoms with E-state index in [0.29, 0.717) is 38.8 Å². The molecule has 22 heavy (non-hydrogen) atoms. The molecule has 0 unspecified atom stereocenters. The van der Waals surface area contributed by atoms with Crippen molar-refractivity contribution in [1.29, 1.82) is 0 Å². The Hall–Kier alpha value is -2.12. The normalized spacial score (nSPS) is 24.5. The van der Waals surface area contributed by atoms with E-state index in [4.69, 9.17) is 10.2 Å². The van der Waals surface area contributed by atoms with Crippen molar-refractivity contribution in [2.45, 2.75) is 50.6 Å². The minimum absolute atomic E-state index is 0.0779. The molecule has 2 saturated heterocycles. The molecule has 2 atom stereocenters. The van der Waals surface area contributed by atoms with Crippen LogP contribution in [-0.2, 0) is 19.2 Å². The lowest BCUT2D eigenvalue weighted by molar-refractivity contribution is -0.150. The fourth-order valence-electron chi connectivity index (χ4n) is 3.14. The van der Waals surface area contributed by atoms with Crippen LogP contribution in [0.2, 0.25) is 0 Å². The molecule has 2 fully saturated rings. The van der Waals surface area contributed by atoms with Gasteiger partial charge >= 0.3 is 11.9 Å². The number of amides is 2. The standard InChI is InChI=1S/C14H20N2O6/c17-11(15-7-1-3-9(15)13(19)20)5-6-12(18)16-8-2-4-10(16)14(21)22/h9-10H,1-8H2,(H,19,20)(H,21,22)/t9-,10-/m1/s1. The molecule has 2 amide bonds. The van der Waals surface area contributed by atoms with Crippen molar-refractivity contribution in [2.75, 3.05) is 13.1 Å². The van der Waals surface area contributed by atoms with Gasteiger partial charge in [0, 0.05) is 25.9 Å². The van der Waals surface area contributed by atoms with E-state index in [2.05, 4.69) is 0 Å². The zero-order valence-electron chi connectivity index (χ0n) is 12.2. The molecule has 0 saturated carbocycles. The smallest absolute Gasteiger partial charge is 0.326 e. The molecule has 0 aliphatic carbocycles. The van der Waals surface area contributed by atoms with Gasteiger partial charge < -0.3 is 20.0 Å². The first-order valence-corrected chi connectivity index (χ1v) is 7.46. The summed E-state index contributed by atoms with van der Waals surface area (Å²) in [5.41, 5.74) is 0. The van der Waals surface area contributed by atoms with Crippen molar-refractivity contribution >= 4 is 23.8 Å². The Balaban J connectivity index is 1.87. The van der Waals surface area contributed by atoms with E-state index >= 15 is 0 Å². The van der Waals surface area contributed by atoms with Crippen LogP contribution in [0.3, 0.4) is 0 Å². The highest BCUT2D eigenvalue weighted by Crippen LogP contribution is 2.21. The number of nitrogens with zero attached hydrogens (tertiary/aromatic N) is 2. The summed E-state index contributed by atoms with van der Waals surface area (Å²) >= 11 is 0. The van der Waals surface area contributed by atoms with E-state index in [1.54, 1.807) is 0 Å². The van der Waals surface area contributed by atoms with Crippen LogP contribution in [-0.4, -0.2) is 68.9 Å². The summed E-state index contributed by atoms with van der Waals surface area (Å²) in [5.74, 6) is -2.76. The molecule has 2 aliphatic heterocycles. The third-order valence-electron chi connectivity index (χ3n) is 4.27. The van der Waals surface area contributed by atoms with Crippen molar-refractivity contribution in [1.82, 2.24) is 9.80 Å². The van der Waals surface area contributed by atoms with Crippen LogP contribution in [0.4, 0.5) is 0 Å². The van der Waals surface area contributed by atoms with E-state index < -0.39 is 24.0 Å². The van der Waals surface area contributed by atoms with E-state index in [1.807, 2.05) is 0 Å². The maximum absolute atomic E-state index is 12.1. The topological polar surface area (TPSA) is 115 Å². The van der Waals surface area contributed by atoms with Gasteiger partial charge in [0.15, 0.2) is 0 Å². The zero-order chi connectivity index (χ0) is 16.3. The molecule has 0 aromatic rings. The first-order valence-electron chi connectivity index (χ1n) is 7.46. The fraction of sp³-hybridized carbons (Fsp3) is 0.714. The fourth-order valence-corrected chi connectivity index (χ4v) is 3.14. The van der Waals surface area contributed by atoms with Gasteiger partial charge in [-0.3, -0.25) is 9.59 Å². The Morgan fingerprint density at radius 1 is 0.773 bits per heavy atom. The van der Waals surface area contributed by atoms with Crippen LogP contribution < -0.4 is 0 Å². The number of carbonyl (C=O) groups is 4. The second-order valence-corrected chi connectivity index (χ2v) is 5.67. The zero-order valence-corrected chi connectivity index (χ0v) is 12.2. The van der Waals surface area contributed by atoms with Crippen molar-refractivity contribution < 1.29 is 29.4 Å². The summed E-state index contributed by atoms with van der Waals surface area (Å²) in [5, 5.41) is 18.1. The molecule has 0 radical (unpaired) electrons. The van der Waals surface area contributed by atoms with Gasteiger partial charge in [0.1, 0.15) is 12.1 Å². The highest BCUT2D eigenvalue weighted by atomic mass is 16.4. The van der Waals surface area contributed by atoms with Gasteiger partial charge in [-0.1, -0.05) is 0 Å². The Labute approximate surface area is 127 Å². The first-order chi connectivity index (χ1) is 10.4. The predicted molar refractivity (Wildman–Crippen MR) is 74.0 cm³/mol. The lowest BCUT2D eigenvalue weighted by Gasteiger charge is -2.23. The average molecular weight is 312 g/mol. The quantitative estimate of drug-likeness (QED) is 0.733. The van der Waals surface area contributed by atoms with Crippen LogP contribution >= 0.6 is 0 Å². The lowest BCUT2D eigenvalue weighted by atomic mass is 10.2. The molecule has 0 spiro atoms. The summed E-state index contributed by atoms with van der Waals surface area (Å²) in [7, 11) is 0. The summed E-state index contributed by atoms with van der Waals surface area (Å²) < 4.78 is 0. The van der Waals surface area contributed by atoms with Gasteiger partial charge in [0.25, 0.3) is 0 Å². The van der Waals surface area contributed by atoms with Crippen LogP contribution in [0.15, 0.2) is 0 Å². The van der Waals surface area contributed by atoms with E-state index in [-0.39, 0.29) is 24.7 Å². The molecule has 8 nitrogen and oxygen atoms in total. The van der Waals surface area contributed by atoms with Gasteiger partial charge in [-0.05, 0) is 25.7 Å². The number of carbonyl (C=O) groups excluding carboxylic acids is 2. The Kier molecular flexibility index (Phi) is 4.99. The van der Waals surface area contributed by atoms with Crippen LogP contribution in [0.1, 0.15) is 38.5 Å². The molecule has 2 N–H and O–H groups in total. The molecule has 2 heterocycles. The Morgan fingerprint density at radius 3 is 1.45 bits per heavy atom. The number of carboxylic acids is 2. The number of aliphatic carboxylic acids is 2. The van der Waals surface area contributed by atoms with Gasteiger partial charge in [0.2, 0.25) is 11.8 Å². The predicted octanol–water partition coefficient (Wildman–Crippen LogP) is -0.0822. The van der Waals surface area contributed by atoms with Gasteiger partial charge in [-0.25, -0.2) is 9.59 Å². The lowest BCUT2D eigenvalue weighted by Crippen LogP contribution is -2.42. The first kappa shape index (κ1) is 16.3. The molecule has 122 valence electrons. The Morgan fingerprint density at radius 2 is 1.14 bits per heavy atom. The number of hydrogen-bond donors (Lipinski definition) is 2. The summed E-state index contributed by atoms with van der Waals surface area (Å²) in [6.45, 7) is 0.789. The molecule has 0 bridgehead atoms. The van der Waals surface area contributed by atoms with Crippen molar-refractivity contribution in [3.05, 3.63) is 0 Å². The van der Waals surface area contributed by atoms with Crippen molar-refractivity contribution in [3.8, 4) is 0 Å². The van der Waals surface area contributed by atoms with Crippen molar-refractivity contribution in [3.63, 3.8) is 0 Å². The molecule has 0 aromatic carbocycles. The largest absolute Gasteiger partial charge is 0.480 e. The van der Waals surface area contributed by atoms with Gasteiger partial charge in [-0.15, -0.1) is 0 Å². The highest BCUT2D eigenvalue weighted by Gasteiger charge is 2.36. The number of hydrogen-bond acceptors (Lipinski definition) is 4. The molecular formula is C14H20N2O6. The monoisotopic (exact) mass is 312 g/mol. The average Bonchev–Trinajstić information content (AvgIpc) is 3.12. The summed E-state index contributed by atoms with van der Waals surface area (Å²) in [6, 6.07) is -1.61. The Bertz CT molecular complexity index is 448. The molecular weight excluding hydrogens is 292 g/mol. The number of carboxylic acid groups (broad SMARTS) is 2. The van der Waals surface area contributed by atoms with Crippen molar-refractivity contribution in [2.24, 2.45) is 0 Å². The summed E-state index contributed by atoms with van der Waals surface area (Å²) in [4.78, 5) is 48.8. The third kappa shape index (κ3) is 3.37. The second kappa shape index (κ2) is 6.76.